The number of hydrogen-bond donors (Lipinski definition) is 1. The summed E-state index contributed by atoms with van der Waals surface area (Å²) in [5.74, 6) is 0. The van der Waals surface area contributed by atoms with E-state index in [4.69, 9.17) is 5.73 Å². The van der Waals surface area contributed by atoms with Crippen LogP contribution in [0.15, 0.2) is 29.9 Å². The molecule has 2 aromatic heterocycles. The van der Waals surface area contributed by atoms with E-state index in [0.29, 0.717) is 12.6 Å². The van der Waals surface area contributed by atoms with Gasteiger partial charge in [0.15, 0.2) is 0 Å². The second-order valence-corrected chi connectivity index (χ2v) is 6.21. The minimum Gasteiger partial charge on any atom is -0.329 e. The highest BCUT2D eigenvalue weighted by Gasteiger charge is 2.34. The molecule has 2 aromatic rings. The highest BCUT2D eigenvalue weighted by atomic mass is 32.1. The van der Waals surface area contributed by atoms with E-state index in [0.717, 1.165) is 6.54 Å². The molecule has 4 nitrogen and oxygen atoms in total. The third-order valence-electron chi connectivity index (χ3n) is 3.67. The van der Waals surface area contributed by atoms with Crippen molar-refractivity contribution in [3.05, 3.63) is 40.3 Å². The molecular weight excluding hydrogens is 256 g/mol. The quantitative estimate of drug-likeness (QED) is 0.879. The molecule has 2 heterocycles. The summed E-state index contributed by atoms with van der Waals surface area (Å²) in [6.45, 7) is 1.65. The SMILES string of the molecule is Cn1cc(C(CN)N(Cc2cccs2)C2CC2)cn1. The van der Waals surface area contributed by atoms with Gasteiger partial charge in [-0.25, -0.2) is 0 Å². The fraction of sp³-hybridized carbons (Fsp3) is 0.500. The van der Waals surface area contributed by atoms with Gasteiger partial charge in [0.25, 0.3) is 0 Å². The van der Waals surface area contributed by atoms with E-state index in [2.05, 4.69) is 33.7 Å². The largest absolute Gasteiger partial charge is 0.329 e. The van der Waals surface area contributed by atoms with Crippen molar-refractivity contribution in [3.8, 4) is 0 Å². The van der Waals surface area contributed by atoms with Crippen molar-refractivity contribution in [3.63, 3.8) is 0 Å². The molecule has 1 unspecified atom stereocenters. The van der Waals surface area contributed by atoms with Crippen LogP contribution in [0, 0.1) is 0 Å². The van der Waals surface area contributed by atoms with Crippen LogP contribution >= 0.6 is 11.3 Å². The van der Waals surface area contributed by atoms with E-state index in [1.165, 1.54) is 23.3 Å². The van der Waals surface area contributed by atoms with Crippen molar-refractivity contribution in [2.24, 2.45) is 12.8 Å². The molecule has 1 atom stereocenters. The van der Waals surface area contributed by atoms with Gasteiger partial charge in [-0.05, 0) is 24.3 Å². The summed E-state index contributed by atoms with van der Waals surface area (Å²) >= 11 is 1.82. The summed E-state index contributed by atoms with van der Waals surface area (Å²) in [4.78, 5) is 3.96. The van der Waals surface area contributed by atoms with Gasteiger partial charge < -0.3 is 5.73 Å². The molecule has 1 saturated carbocycles. The number of rotatable bonds is 6. The van der Waals surface area contributed by atoms with Crippen LogP contribution in [-0.2, 0) is 13.6 Å². The van der Waals surface area contributed by atoms with Crippen LogP contribution in [0.3, 0.4) is 0 Å². The number of aromatic nitrogens is 2. The van der Waals surface area contributed by atoms with Crippen LogP contribution in [0.4, 0.5) is 0 Å². The Morgan fingerprint density at radius 2 is 2.42 bits per heavy atom. The van der Waals surface area contributed by atoms with Gasteiger partial charge in [-0.1, -0.05) is 6.07 Å². The summed E-state index contributed by atoms with van der Waals surface area (Å²) in [6, 6.07) is 5.29. The van der Waals surface area contributed by atoms with Crippen molar-refractivity contribution >= 4 is 11.3 Å². The number of nitrogens with two attached hydrogens (primary N) is 1. The molecule has 1 fully saturated rings. The summed E-state index contributed by atoms with van der Waals surface area (Å²) in [6.07, 6.45) is 6.62. The van der Waals surface area contributed by atoms with Crippen LogP contribution in [0.25, 0.3) is 0 Å². The first-order chi connectivity index (χ1) is 9.28. The van der Waals surface area contributed by atoms with Crippen LogP contribution in [0.2, 0.25) is 0 Å². The lowest BCUT2D eigenvalue weighted by atomic mass is 10.1. The Morgan fingerprint density at radius 3 is 2.95 bits per heavy atom. The molecule has 0 radical (unpaired) electrons. The topological polar surface area (TPSA) is 47.1 Å². The van der Waals surface area contributed by atoms with E-state index < -0.39 is 0 Å². The van der Waals surface area contributed by atoms with E-state index in [-0.39, 0.29) is 6.04 Å². The zero-order chi connectivity index (χ0) is 13.2. The van der Waals surface area contributed by atoms with Gasteiger partial charge in [-0.3, -0.25) is 9.58 Å². The Bertz CT molecular complexity index is 515. The van der Waals surface area contributed by atoms with E-state index >= 15 is 0 Å². The fourth-order valence-corrected chi connectivity index (χ4v) is 3.27. The first-order valence-electron chi connectivity index (χ1n) is 6.74. The zero-order valence-electron chi connectivity index (χ0n) is 11.2. The van der Waals surface area contributed by atoms with Crippen molar-refractivity contribution in [1.82, 2.24) is 14.7 Å². The van der Waals surface area contributed by atoms with Crippen LogP contribution in [0.1, 0.15) is 29.3 Å². The molecule has 0 saturated heterocycles. The van der Waals surface area contributed by atoms with E-state index in [9.17, 15) is 0 Å². The lowest BCUT2D eigenvalue weighted by Crippen LogP contribution is -2.34. The molecule has 2 N–H and O–H groups in total. The van der Waals surface area contributed by atoms with E-state index in [1.54, 1.807) is 0 Å². The molecule has 0 bridgehead atoms. The zero-order valence-corrected chi connectivity index (χ0v) is 12.0. The van der Waals surface area contributed by atoms with Crippen molar-refractivity contribution < 1.29 is 0 Å². The lowest BCUT2D eigenvalue weighted by Gasteiger charge is -2.30. The summed E-state index contributed by atoms with van der Waals surface area (Å²) in [5.41, 5.74) is 7.26. The van der Waals surface area contributed by atoms with Gasteiger partial charge >= 0.3 is 0 Å². The number of aryl methyl sites for hydroxylation is 1. The fourth-order valence-electron chi connectivity index (χ4n) is 2.56. The molecule has 1 aliphatic rings. The monoisotopic (exact) mass is 276 g/mol. The molecule has 102 valence electrons. The van der Waals surface area contributed by atoms with Crippen LogP contribution in [0.5, 0.6) is 0 Å². The Kier molecular flexibility index (Phi) is 3.68. The molecule has 5 heteroatoms. The normalized spacial score (nSPS) is 17.0. The number of thiophene rings is 1. The predicted molar refractivity (Wildman–Crippen MR) is 77.9 cm³/mol. The summed E-state index contributed by atoms with van der Waals surface area (Å²) < 4.78 is 1.86. The summed E-state index contributed by atoms with van der Waals surface area (Å²) in [7, 11) is 1.96. The van der Waals surface area contributed by atoms with Crippen molar-refractivity contribution in [2.75, 3.05) is 6.54 Å². The Balaban J connectivity index is 1.81. The van der Waals surface area contributed by atoms with Crippen molar-refractivity contribution in [1.29, 1.82) is 0 Å². The lowest BCUT2D eigenvalue weighted by molar-refractivity contribution is 0.183. The maximum atomic E-state index is 6.03. The maximum Gasteiger partial charge on any atom is 0.0538 e. The molecule has 0 spiro atoms. The number of hydrogen-bond acceptors (Lipinski definition) is 4. The molecule has 0 aliphatic heterocycles. The van der Waals surface area contributed by atoms with Crippen molar-refractivity contribution in [2.45, 2.75) is 31.5 Å². The Morgan fingerprint density at radius 1 is 1.58 bits per heavy atom. The van der Waals surface area contributed by atoms with Gasteiger partial charge in [0.05, 0.1) is 12.2 Å². The predicted octanol–water partition coefficient (Wildman–Crippen LogP) is 2.15. The Hall–Kier alpha value is -1.17. The average Bonchev–Trinajstić information content (AvgIpc) is 2.95. The van der Waals surface area contributed by atoms with Gasteiger partial charge in [0.2, 0.25) is 0 Å². The maximum absolute atomic E-state index is 6.03. The van der Waals surface area contributed by atoms with E-state index in [1.807, 2.05) is 29.3 Å². The third kappa shape index (κ3) is 2.88. The third-order valence-corrected chi connectivity index (χ3v) is 4.53. The highest BCUT2D eigenvalue weighted by molar-refractivity contribution is 7.09. The first-order valence-corrected chi connectivity index (χ1v) is 7.62. The van der Waals surface area contributed by atoms with Gasteiger partial charge in [0.1, 0.15) is 0 Å². The average molecular weight is 276 g/mol. The smallest absolute Gasteiger partial charge is 0.0538 e. The minimum atomic E-state index is 0.281. The minimum absolute atomic E-state index is 0.281. The highest BCUT2D eigenvalue weighted by Crippen LogP contribution is 2.35. The second-order valence-electron chi connectivity index (χ2n) is 5.18. The molecule has 19 heavy (non-hydrogen) atoms. The van der Waals surface area contributed by atoms with Crippen LogP contribution in [-0.4, -0.2) is 27.3 Å². The molecule has 3 rings (SSSR count). The van der Waals surface area contributed by atoms with Crippen LogP contribution < -0.4 is 5.73 Å². The molecule has 1 aliphatic carbocycles. The number of nitrogens with zero attached hydrogens (tertiary/aromatic N) is 3. The molecule has 0 amide bonds. The summed E-state index contributed by atoms with van der Waals surface area (Å²) in [5, 5.41) is 6.42. The molecular formula is C14H20N4S. The second kappa shape index (κ2) is 5.45. The molecule has 0 aromatic carbocycles. The van der Waals surface area contributed by atoms with Gasteiger partial charge in [0, 0.05) is 42.8 Å². The first kappa shape index (κ1) is 12.8. The Labute approximate surface area is 117 Å². The van der Waals surface area contributed by atoms with Gasteiger partial charge in [-0.2, -0.15) is 5.10 Å². The standard InChI is InChI=1S/C14H20N4S/c1-17-9-11(8-16-17)14(7-15)18(12-4-5-12)10-13-3-2-6-19-13/h2-3,6,8-9,12,14H,4-5,7,10,15H2,1H3. The van der Waals surface area contributed by atoms with Gasteiger partial charge in [-0.15, -0.1) is 11.3 Å².